The molecule has 2 heterocycles. The number of hydrogen-bond acceptors (Lipinski definition) is 5. The highest BCUT2D eigenvalue weighted by Crippen LogP contribution is 2.30. The molecule has 0 aliphatic carbocycles. The van der Waals surface area contributed by atoms with Gasteiger partial charge < -0.3 is 20.3 Å². The van der Waals surface area contributed by atoms with Crippen LogP contribution in [0.3, 0.4) is 0 Å². The van der Waals surface area contributed by atoms with Crippen molar-refractivity contribution in [3.63, 3.8) is 0 Å². The van der Waals surface area contributed by atoms with Crippen molar-refractivity contribution >= 4 is 11.5 Å². The van der Waals surface area contributed by atoms with Gasteiger partial charge in [-0.05, 0) is 23.8 Å². The lowest BCUT2D eigenvalue weighted by Crippen LogP contribution is -2.22. The van der Waals surface area contributed by atoms with E-state index in [9.17, 15) is 4.79 Å². The molecule has 4 rings (SSSR count). The van der Waals surface area contributed by atoms with Crippen molar-refractivity contribution < 1.29 is 26.5 Å². The summed E-state index contributed by atoms with van der Waals surface area (Å²) >= 11 is 0. The van der Waals surface area contributed by atoms with Gasteiger partial charge in [-0.25, -0.2) is 0 Å². The van der Waals surface area contributed by atoms with Crippen LogP contribution in [0.4, 0.5) is 5.69 Å². The number of hydrogen-bond donors (Lipinski definition) is 2. The van der Waals surface area contributed by atoms with Crippen molar-refractivity contribution in [2.45, 2.75) is 40.0 Å². The van der Waals surface area contributed by atoms with E-state index in [1.165, 1.54) is 11.1 Å². The summed E-state index contributed by atoms with van der Waals surface area (Å²) in [4.78, 5) is 12.0. The van der Waals surface area contributed by atoms with Crippen molar-refractivity contribution in [3.05, 3.63) is 53.1 Å². The van der Waals surface area contributed by atoms with Gasteiger partial charge in [0.1, 0.15) is 17.3 Å². The van der Waals surface area contributed by atoms with Gasteiger partial charge in [0.15, 0.2) is 0 Å². The van der Waals surface area contributed by atoms with Crippen LogP contribution in [0.2, 0.25) is 0 Å². The molecular weight excluding hydrogens is 354 g/mol. The van der Waals surface area contributed by atoms with E-state index in [0.717, 1.165) is 55.9 Å². The number of aliphatic hydroxyl groups excluding tert-OH is 1. The first-order chi connectivity index (χ1) is 13.4. The summed E-state index contributed by atoms with van der Waals surface area (Å²) in [5.41, 5.74) is 9.81. The van der Waals surface area contributed by atoms with Crippen LogP contribution < -0.4 is 15.2 Å². The number of Topliss-reactive ketones (excluding diaryl/α,β-unsaturated/α-hetero) is 1. The quantitative estimate of drug-likeness (QED) is 0.712. The van der Waals surface area contributed by atoms with Crippen LogP contribution in [0.15, 0.2) is 36.4 Å². The number of nitrogen functional groups attached to an aromatic ring is 1. The third kappa shape index (κ3) is 5.26. The zero-order valence-corrected chi connectivity index (χ0v) is 17.2. The average Bonchev–Trinajstić information content (AvgIpc) is 3.33. The maximum atomic E-state index is 12.0. The Morgan fingerprint density at radius 2 is 1.54 bits per heavy atom. The average molecular weight is 396 g/mol. The Morgan fingerprint density at radius 1 is 1.00 bits per heavy atom. The van der Waals surface area contributed by atoms with Crippen molar-refractivity contribution in [3.8, 4) is 11.5 Å². The molecule has 5 nitrogen and oxygen atoms in total. The number of ether oxygens (including phenoxy) is 2. The maximum Gasteiger partial charge on any atom is 0.142 e. The lowest BCUT2D eigenvalue weighted by Gasteiger charge is -2.17. The fourth-order valence-electron chi connectivity index (χ4n) is 3.15. The van der Waals surface area contributed by atoms with Crippen molar-refractivity contribution in [2.24, 2.45) is 5.41 Å². The van der Waals surface area contributed by atoms with E-state index < -0.39 is 0 Å². The fourth-order valence-corrected chi connectivity index (χ4v) is 3.15. The highest BCUT2D eigenvalue weighted by Gasteiger charge is 2.24. The number of carbonyl (C=O) groups is 1. The van der Waals surface area contributed by atoms with Gasteiger partial charge in [-0.15, -0.1) is 0 Å². The molecule has 5 heteroatoms. The summed E-state index contributed by atoms with van der Waals surface area (Å²) in [5.74, 6) is 2.20. The van der Waals surface area contributed by atoms with E-state index >= 15 is 0 Å². The van der Waals surface area contributed by atoms with Gasteiger partial charge in [0, 0.05) is 55.7 Å². The van der Waals surface area contributed by atoms with Crippen LogP contribution in [0, 0.1) is 5.41 Å². The summed E-state index contributed by atoms with van der Waals surface area (Å²) in [6.45, 7) is 7.43. The predicted molar refractivity (Wildman–Crippen MR) is 123 cm³/mol. The number of anilines is 1. The topological polar surface area (TPSA) is 81.8 Å². The number of ketones is 1. The van der Waals surface area contributed by atoms with Crippen LogP contribution in [0.25, 0.3) is 0 Å². The molecule has 2 aliphatic rings. The molecule has 0 radical (unpaired) electrons. The lowest BCUT2D eigenvalue weighted by atomic mass is 9.86. The molecule has 2 aromatic carbocycles. The molecule has 0 atom stereocenters. The molecule has 28 heavy (non-hydrogen) atoms. The van der Waals surface area contributed by atoms with E-state index in [-0.39, 0.29) is 18.3 Å². The summed E-state index contributed by atoms with van der Waals surface area (Å²) in [5, 5.41) is 7.00. The third-order valence-corrected chi connectivity index (χ3v) is 4.81. The lowest BCUT2D eigenvalue weighted by molar-refractivity contribution is -0.125. The molecule has 0 aromatic heterocycles. The van der Waals surface area contributed by atoms with Gasteiger partial charge in [0.05, 0.1) is 13.2 Å². The van der Waals surface area contributed by atoms with Crippen LogP contribution in [0.5, 0.6) is 11.5 Å². The minimum atomic E-state index is -0.262. The van der Waals surface area contributed by atoms with Gasteiger partial charge in [0.2, 0.25) is 0 Å². The maximum absolute atomic E-state index is 12.0. The Balaban J connectivity index is -0.000000219. The molecule has 0 fully saturated rings. The molecule has 2 aromatic rings. The number of fused-ring (bicyclic) bond motifs is 2. The normalized spacial score (nSPS) is 13.6. The first kappa shape index (κ1) is 21.8. The van der Waals surface area contributed by atoms with Gasteiger partial charge in [-0.2, -0.15) is 0 Å². The van der Waals surface area contributed by atoms with E-state index in [0.29, 0.717) is 6.42 Å². The Kier molecular flexibility index (Phi) is 7.46. The Hall–Kier alpha value is -2.53. The zero-order chi connectivity index (χ0) is 20.7. The summed E-state index contributed by atoms with van der Waals surface area (Å²) in [6, 6.07) is 11.8. The molecule has 0 spiro atoms. The number of nitrogens with two attached hydrogens (primary N) is 1. The smallest absolute Gasteiger partial charge is 0.142 e. The van der Waals surface area contributed by atoms with Crippen molar-refractivity contribution in [2.75, 3.05) is 26.1 Å². The summed E-state index contributed by atoms with van der Waals surface area (Å²) in [6.07, 6.45) is 2.42. The predicted octanol–water partition coefficient (Wildman–Crippen LogP) is 4.82. The summed E-state index contributed by atoms with van der Waals surface area (Å²) < 4.78 is 10.8. The number of carbonyl (C=O) groups excluding carboxylic acids is 1. The van der Waals surface area contributed by atoms with E-state index in [1.54, 1.807) is 0 Å². The standard InChI is InChI=1S/C14H18O2.C8H9NO.CH4O.5H2/c1-14(2,3)13(15)9-10-5-4-6-12-11(10)7-8-16-12;9-7-2-1-3-8-6(7)4-5-10-8;1-2;;;;;/h4-6H,7-9H2,1-3H3;1-3H,4-5,9H2;2H,1H3;5*1H. The molecule has 3 N–H and O–H groups in total. The van der Waals surface area contributed by atoms with Gasteiger partial charge in [-0.1, -0.05) is 39.0 Å². The van der Waals surface area contributed by atoms with Crippen molar-refractivity contribution in [1.82, 2.24) is 0 Å². The van der Waals surface area contributed by atoms with Gasteiger partial charge in [0.25, 0.3) is 0 Å². The van der Waals surface area contributed by atoms with E-state index in [2.05, 4.69) is 0 Å². The minimum Gasteiger partial charge on any atom is -0.493 e. The number of aliphatic hydroxyl groups is 1. The molecule has 0 bridgehead atoms. The molecule has 0 saturated heterocycles. The molecule has 0 unspecified atom stereocenters. The highest BCUT2D eigenvalue weighted by molar-refractivity contribution is 5.86. The van der Waals surface area contributed by atoms with Crippen LogP contribution in [-0.4, -0.2) is 31.2 Å². The summed E-state index contributed by atoms with van der Waals surface area (Å²) in [7, 11) is 1.00. The molecular formula is C23H41NO4. The fraction of sp³-hybridized carbons (Fsp3) is 0.435. The Bertz CT molecular complexity index is 829. The van der Waals surface area contributed by atoms with Crippen LogP contribution in [-0.2, 0) is 24.1 Å². The molecule has 0 saturated carbocycles. The van der Waals surface area contributed by atoms with E-state index in [4.69, 9.17) is 20.3 Å². The van der Waals surface area contributed by atoms with Gasteiger partial charge in [-0.3, -0.25) is 4.79 Å². The second-order valence-electron chi connectivity index (χ2n) is 7.76. The SMILES string of the molecule is CC(C)(C)C(=O)Cc1cccc2c1CCO2.CO.Nc1cccc2c1CCO2.[HH].[HH].[HH].[HH].[HH]. The first-order valence-electron chi connectivity index (χ1n) is 9.58. The molecule has 2 aliphatic heterocycles. The molecule has 162 valence electrons. The largest absolute Gasteiger partial charge is 0.493 e. The number of benzene rings is 2. The third-order valence-electron chi connectivity index (χ3n) is 4.81. The Labute approximate surface area is 174 Å². The van der Waals surface area contributed by atoms with Crippen molar-refractivity contribution in [1.29, 1.82) is 0 Å². The zero-order valence-electron chi connectivity index (χ0n) is 17.2. The second-order valence-corrected chi connectivity index (χ2v) is 7.76. The molecule has 0 amide bonds. The monoisotopic (exact) mass is 395 g/mol. The first-order valence-corrected chi connectivity index (χ1v) is 9.58. The Morgan fingerprint density at radius 3 is 2.11 bits per heavy atom. The van der Waals surface area contributed by atoms with Crippen LogP contribution >= 0.6 is 0 Å². The van der Waals surface area contributed by atoms with Gasteiger partial charge >= 0.3 is 0 Å². The number of rotatable bonds is 2. The van der Waals surface area contributed by atoms with E-state index in [1.807, 2.05) is 57.2 Å². The second kappa shape index (κ2) is 9.60. The van der Waals surface area contributed by atoms with Crippen LogP contribution in [0.1, 0.15) is 44.6 Å². The minimum absolute atomic E-state index is 0. The highest BCUT2D eigenvalue weighted by atomic mass is 16.5.